The van der Waals surface area contributed by atoms with Gasteiger partial charge in [-0.2, -0.15) is 0 Å². The van der Waals surface area contributed by atoms with Crippen LogP contribution in [0.25, 0.3) is 0 Å². The third-order valence-electron chi connectivity index (χ3n) is 2.64. The van der Waals surface area contributed by atoms with Crippen LogP contribution in [0.1, 0.15) is 17.2 Å². The molecule has 0 spiro atoms. The molecule has 1 unspecified atom stereocenters. The molecule has 0 aliphatic carbocycles. The second-order valence-corrected chi connectivity index (χ2v) is 6.09. The van der Waals surface area contributed by atoms with Crippen molar-refractivity contribution in [3.63, 3.8) is 0 Å². The van der Waals surface area contributed by atoms with E-state index in [0.717, 1.165) is 0 Å². The van der Waals surface area contributed by atoms with Crippen LogP contribution in [0, 0.1) is 11.6 Å². The summed E-state index contributed by atoms with van der Waals surface area (Å²) in [5.41, 5.74) is 6.65. The highest BCUT2D eigenvalue weighted by atomic mass is 79.9. The van der Waals surface area contributed by atoms with Crippen molar-refractivity contribution in [1.29, 1.82) is 0 Å². The van der Waals surface area contributed by atoms with E-state index in [4.69, 9.17) is 17.3 Å². The number of rotatable bonds is 2. The second kappa shape index (κ2) is 5.87. The zero-order valence-corrected chi connectivity index (χ0v) is 13.4. The van der Waals surface area contributed by atoms with Gasteiger partial charge in [-0.15, -0.1) is 0 Å². The molecule has 0 aliphatic heterocycles. The molecule has 6 heteroatoms. The molecule has 2 rings (SSSR count). The van der Waals surface area contributed by atoms with Crippen LogP contribution in [0.15, 0.2) is 39.3 Å². The molecule has 0 fully saturated rings. The molecule has 0 bridgehead atoms. The van der Waals surface area contributed by atoms with Crippen molar-refractivity contribution in [2.75, 3.05) is 0 Å². The molecule has 2 N–H and O–H groups in total. The van der Waals surface area contributed by atoms with Crippen LogP contribution < -0.4 is 5.73 Å². The molecule has 0 saturated carbocycles. The fourth-order valence-corrected chi connectivity index (χ4v) is 2.68. The molecule has 1 atom stereocenters. The first-order valence-corrected chi connectivity index (χ1v) is 7.21. The van der Waals surface area contributed by atoms with Gasteiger partial charge in [0.15, 0.2) is 0 Å². The van der Waals surface area contributed by atoms with Gasteiger partial charge in [-0.3, -0.25) is 0 Å². The van der Waals surface area contributed by atoms with Crippen molar-refractivity contribution < 1.29 is 8.78 Å². The van der Waals surface area contributed by atoms with E-state index in [0.29, 0.717) is 14.5 Å². The first-order chi connectivity index (χ1) is 8.90. The maximum absolute atomic E-state index is 14.1. The summed E-state index contributed by atoms with van der Waals surface area (Å²) in [7, 11) is 0. The van der Waals surface area contributed by atoms with Crippen molar-refractivity contribution in [2.45, 2.75) is 6.04 Å². The smallest absolute Gasteiger partial charge is 0.148 e. The van der Waals surface area contributed by atoms with Gasteiger partial charge in [-0.25, -0.2) is 8.78 Å². The van der Waals surface area contributed by atoms with Crippen molar-refractivity contribution >= 4 is 43.5 Å². The molecule has 0 aromatic heterocycles. The molecule has 0 radical (unpaired) electrons. The summed E-state index contributed by atoms with van der Waals surface area (Å²) in [5.74, 6) is -1.05. The first kappa shape index (κ1) is 14.9. The molecular formula is C13H8Br2ClF2N. The van der Waals surface area contributed by atoms with Gasteiger partial charge in [0.25, 0.3) is 0 Å². The predicted octanol–water partition coefficient (Wildman–Crippen LogP) is 5.19. The molecule has 2 aromatic carbocycles. The van der Waals surface area contributed by atoms with E-state index in [9.17, 15) is 8.78 Å². The monoisotopic (exact) mass is 409 g/mol. The Balaban J connectivity index is 2.50. The van der Waals surface area contributed by atoms with E-state index >= 15 is 0 Å². The van der Waals surface area contributed by atoms with Gasteiger partial charge < -0.3 is 5.73 Å². The lowest BCUT2D eigenvalue weighted by Gasteiger charge is -2.15. The van der Waals surface area contributed by atoms with Crippen LogP contribution in [-0.2, 0) is 0 Å². The van der Waals surface area contributed by atoms with E-state index in [1.807, 2.05) is 0 Å². The zero-order valence-electron chi connectivity index (χ0n) is 9.43. The highest BCUT2D eigenvalue weighted by molar-refractivity contribution is 9.10. The number of hydrogen-bond donors (Lipinski definition) is 1. The summed E-state index contributed by atoms with van der Waals surface area (Å²) in [4.78, 5) is 0. The Kier molecular flexibility index (Phi) is 4.61. The number of hydrogen-bond acceptors (Lipinski definition) is 1. The Hall–Kier alpha value is -0.490. The standard InChI is InChI=1S/C13H8Br2ClF2N/c14-7-3-6(4-8(17)5-7)13(19)9-1-2-10(15)11(16)12(9)18/h1-5,13H,19H2. The Morgan fingerprint density at radius 3 is 2.42 bits per heavy atom. The predicted molar refractivity (Wildman–Crippen MR) is 79.2 cm³/mol. The summed E-state index contributed by atoms with van der Waals surface area (Å²) < 4.78 is 28.4. The van der Waals surface area contributed by atoms with Crippen LogP contribution >= 0.6 is 43.5 Å². The number of benzene rings is 2. The Labute approximate surface area is 131 Å². The first-order valence-electron chi connectivity index (χ1n) is 5.25. The fraction of sp³-hybridized carbons (Fsp3) is 0.0769. The van der Waals surface area contributed by atoms with Crippen LogP contribution in [0.5, 0.6) is 0 Å². The van der Waals surface area contributed by atoms with E-state index < -0.39 is 17.7 Å². The summed E-state index contributed by atoms with van der Waals surface area (Å²) in [6.07, 6.45) is 0. The van der Waals surface area contributed by atoms with E-state index in [1.54, 1.807) is 12.1 Å². The highest BCUT2D eigenvalue weighted by Crippen LogP contribution is 2.32. The topological polar surface area (TPSA) is 26.0 Å². The maximum Gasteiger partial charge on any atom is 0.148 e. The van der Waals surface area contributed by atoms with Crippen LogP contribution in [0.4, 0.5) is 8.78 Å². The largest absolute Gasteiger partial charge is 0.320 e. The van der Waals surface area contributed by atoms with Gasteiger partial charge in [0.2, 0.25) is 0 Å². The van der Waals surface area contributed by atoms with Crippen molar-refractivity contribution in [2.24, 2.45) is 5.73 Å². The van der Waals surface area contributed by atoms with Gasteiger partial charge in [0, 0.05) is 14.5 Å². The minimum Gasteiger partial charge on any atom is -0.320 e. The maximum atomic E-state index is 14.1. The van der Waals surface area contributed by atoms with Crippen molar-refractivity contribution in [1.82, 2.24) is 0 Å². The Morgan fingerprint density at radius 2 is 1.79 bits per heavy atom. The van der Waals surface area contributed by atoms with Gasteiger partial charge in [-0.1, -0.05) is 33.6 Å². The lowest BCUT2D eigenvalue weighted by molar-refractivity contribution is 0.595. The molecule has 1 nitrogen and oxygen atoms in total. The molecule has 100 valence electrons. The third kappa shape index (κ3) is 3.16. The summed E-state index contributed by atoms with van der Waals surface area (Å²) >= 11 is 12.1. The summed E-state index contributed by atoms with van der Waals surface area (Å²) in [6.45, 7) is 0. The molecule has 0 saturated heterocycles. The average Bonchev–Trinajstić information content (AvgIpc) is 2.34. The van der Waals surface area contributed by atoms with Crippen molar-refractivity contribution in [3.05, 3.63) is 67.1 Å². The van der Waals surface area contributed by atoms with E-state index in [-0.39, 0.29) is 10.6 Å². The average molecular weight is 411 g/mol. The minimum absolute atomic E-state index is 0.0385. The molecule has 0 amide bonds. The minimum atomic E-state index is -0.794. The Morgan fingerprint density at radius 1 is 1.11 bits per heavy atom. The summed E-state index contributed by atoms with van der Waals surface area (Å²) in [5, 5.41) is -0.0385. The van der Waals surface area contributed by atoms with E-state index in [1.165, 1.54) is 18.2 Å². The van der Waals surface area contributed by atoms with Gasteiger partial charge in [-0.05, 0) is 45.8 Å². The number of nitrogens with two attached hydrogens (primary N) is 1. The van der Waals surface area contributed by atoms with Gasteiger partial charge in [0.1, 0.15) is 11.6 Å². The second-order valence-electron chi connectivity index (χ2n) is 3.95. The van der Waals surface area contributed by atoms with Crippen LogP contribution in [-0.4, -0.2) is 0 Å². The highest BCUT2D eigenvalue weighted by Gasteiger charge is 2.18. The lowest BCUT2D eigenvalue weighted by atomic mass is 9.99. The SMILES string of the molecule is NC(c1cc(F)cc(Br)c1)c1ccc(Br)c(Cl)c1F. The molecular weight excluding hydrogens is 403 g/mol. The molecule has 0 heterocycles. The quantitative estimate of drug-likeness (QED) is 0.676. The fourth-order valence-electron chi connectivity index (χ4n) is 1.72. The number of halogens is 5. The third-order valence-corrected chi connectivity index (χ3v) is 4.36. The van der Waals surface area contributed by atoms with Gasteiger partial charge >= 0.3 is 0 Å². The van der Waals surface area contributed by atoms with Crippen molar-refractivity contribution in [3.8, 4) is 0 Å². The zero-order chi connectivity index (χ0) is 14.2. The van der Waals surface area contributed by atoms with Crippen LogP contribution in [0.3, 0.4) is 0 Å². The molecule has 2 aromatic rings. The van der Waals surface area contributed by atoms with E-state index in [2.05, 4.69) is 31.9 Å². The van der Waals surface area contributed by atoms with Crippen LogP contribution in [0.2, 0.25) is 5.02 Å². The molecule has 19 heavy (non-hydrogen) atoms. The van der Waals surface area contributed by atoms with Gasteiger partial charge in [0.05, 0.1) is 11.1 Å². The normalized spacial score (nSPS) is 12.5. The Bertz CT molecular complexity index is 614. The summed E-state index contributed by atoms with van der Waals surface area (Å²) in [6, 6.07) is 6.55. The lowest BCUT2D eigenvalue weighted by Crippen LogP contribution is -2.14. The molecule has 0 aliphatic rings.